The smallest absolute Gasteiger partial charge is 0.294 e. The molecular formula is C32H32N4O7S. The summed E-state index contributed by atoms with van der Waals surface area (Å²) in [5.41, 5.74) is 3.78. The van der Waals surface area contributed by atoms with E-state index in [2.05, 4.69) is 15.5 Å². The normalized spacial score (nSPS) is 15.8. The van der Waals surface area contributed by atoms with Crippen LogP contribution in [0.25, 0.3) is 6.08 Å². The van der Waals surface area contributed by atoms with Crippen molar-refractivity contribution in [3.63, 3.8) is 0 Å². The molecule has 0 aliphatic carbocycles. The molecule has 3 aromatic carbocycles. The Hall–Kier alpha value is -4.81. The number of benzene rings is 3. The molecule has 4 amide bonds. The molecule has 11 nitrogen and oxygen atoms in total. The third-order valence-corrected chi connectivity index (χ3v) is 7.79. The lowest BCUT2D eigenvalue weighted by Crippen LogP contribution is -2.38. The molecule has 0 atom stereocenters. The zero-order valence-electron chi connectivity index (χ0n) is 24.3. The number of ether oxygens (including phenoxy) is 3. The molecule has 2 N–H and O–H groups in total. The second-order valence-corrected chi connectivity index (χ2v) is 11.0. The lowest BCUT2D eigenvalue weighted by atomic mass is 10.2. The van der Waals surface area contributed by atoms with Crippen molar-refractivity contribution in [2.45, 2.75) is 6.92 Å². The van der Waals surface area contributed by atoms with Crippen molar-refractivity contribution in [2.75, 3.05) is 62.1 Å². The first-order valence-electron chi connectivity index (χ1n) is 13.9. The van der Waals surface area contributed by atoms with Crippen molar-refractivity contribution in [3.05, 3.63) is 82.8 Å². The number of imide groups is 1. The number of methoxy groups -OCH3 is 1. The van der Waals surface area contributed by atoms with Gasteiger partial charge in [0, 0.05) is 18.8 Å². The Morgan fingerprint density at radius 3 is 2.45 bits per heavy atom. The number of aryl methyl sites for hydroxylation is 1. The van der Waals surface area contributed by atoms with Gasteiger partial charge in [0.2, 0.25) is 5.91 Å². The van der Waals surface area contributed by atoms with E-state index in [9.17, 15) is 19.2 Å². The summed E-state index contributed by atoms with van der Waals surface area (Å²) in [6, 6.07) is 19.7. The molecule has 3 aromatic rings. The zero-order chi connectivity index (χ0) is 31.1. The van der Waals surface area contributed by atoms with Crippen LogP contribution in [-0.2, 0) is 19.1 Å². The van der Waals surface area contributed by atoms with Gasteiger partial charge in [-0.1, -0.05) is 35.9 Å². The third-order valence-electron chi connectivity index (χ3n) is 6.88. The first kappa shape index (κ1) is 30.6. The average Bonchev–Trinajstić information content (AvgIpc) is 3.29. The number of anilines is 3. The van der Waals surface area contributed by atoms with E-state index in [0.717, 1.165) is 27.9 Å². The molecule has 2 saturated heterocycles. The van der Waals surface area contributed by atoms with Gasteiger partial charge in [0.05, 0.1) is 36.6 Å². The Labute approximate surface area is 259 Å². The Bertz CT molecular complexity index is 1590. The van der Waals surface area contributed by atoms with E-state index in [-0.39, 0.29) is 17.4 Å². The summed E-state index contributed by atoms with van der Waals surface area (Å²) in [6.45, 7) is 3.90. The molecule has 0 bridgehead atoms. The number of carbonyl (C=O) groups is 4. The fourth-order valence-corrected chi connectivity index (χ4v) is 5.49. The molecule has 44 heavy (non-hydrogen) atoms. The number of nitrogens with one attached hydrogen (secondary N) is 2. The van der Waals surface area contributed by atoms with Crippen LogP contribution < -0.4 is 25.0 Å². The van der Waals surface area contributed by atoms with Gasteiger partial charge >= 0.3 is 0 Å². The van der Waals surface area contributed by atoms with Gasteiger partial charge in [-0.05, 0) is 66.7 Å². The first-order valence-corrected chi connectivity index (χ1v) is 14.8. The quantitative estimate of drug-likeness (QED) is 0.316. The largest absolute Gasteiger partial charge is 0.493 e. The molecule has 2 aliphatic heterocycles. The summed E-state index contributed by atoms with van der Waals surface area (Å²) in [5, 5.41) is 5.07. The zero-order valence-corrected chi connectivity index (χ0v) is 25.1. The molecule has 0 spiro atoms. The SMILES string of the molecule is COc1cc(/C=C2/SC(=O)N(CC(=O)Nc3ccccc3N3CCOCC3)C2=O)ccc1OCC(=O)Nc1ccc(C)cc1. The van der Waals surface area contributed by atoms with Crippen molar-refractivity contribution in [1.82, 2.24) is 4.90 Å². The highest BCUT2D eigenvalue weighted by Crippen LogP contribution is 2.35. The van der Waals surface area contributed by atoms with Gasteiger partial charge in [-0.3, -0.25) is 24.1 Å². The number of nitrogens with zero attached hydrogens (tertiary/aromatic N) is 2. The van der Waals surface area contributed by atoms with E-state index < -0.39 is 23.6 Å². The minimum atomic E-state index is -0.566. The standard InChI is InChI=1S/C32H32N4O7S/c1-21-7-10-23(11-8-21)33-30(38)20-43-26-12-9-22(17-27(26)41-2)18-28-31(39)36(32(40)44-28)19-29(37)34-24-5-3-4-6-25(24)35-13-15-42-16-14-35/h3-12,17-18H,13-16,19-20H2,1-2H3,(H,33,38)(H,34,37)/b28-18+. The first-order chi connectivity index (χ1) is 21.3. The van der Waals surface area contributed by atoms with Crippen LogP contribution in [0.1, 0.15) is 11.1 Å². The number of thioether (sulfide) groups is 1. The van der Waals surface area contributed by atoms with Crippen LogP contribution in [0, 0.1) is 6.92 Å². The van der Waals surface area contributed by atoms with E-state index >= 15 is 0 Å². The van der Waals surface area contributed by atoms with Crippen molar-refractivity contribution in [1.29, 1.82) is 0 Å². The van der Waals surface area contributed by atoms with Crippen molar-refractivity contribution in [2.24, 2.45) is 0 Å². The van der Waals surface area contributed by atoms with Crippen molar-refractivity contribution >= 4 is 57.9 Å². The number of para-hydroxylation sites is 2. The van der Waals surface area contributed by atoms with Crippen LogP contribution in [0.3, 0.4) is 0 Å². The predicted molar refractivity (Wildman–Crippen MR) is 169 cm³/mol. The van der Waals surface area contributed by atoms with Gasteiger partial charge in [-0.2, -0.15) is 0 Å². The maximum atomic E-state index is 13.1. The van der Waals surface area contributed by atoms with E-state index in [1.165, 1.54) is 7.11 Å². The summed E-state index contributed by atoms with van der Waals surface area (Å²) >= 11 is 0.756. The summed E-state index contributed by atoms with van der Waals surface area (Å²) in [7, 11) is 1.46. The van der Waals surface area contributed by atoms with Gasteiger partial charge in [0.25, 0.3) is 17.1 Å². The van der Waals surface area contributed by atoms with E-state index in [4.69, 9.17) is 14.2 Å². The number of carbonyl (C=O) groups excluding carboxylic acids is 4. The molecule has 0 aromatic heterocycles. The van der Waals surface area contributed by atoms with Crippen LogP contribution in [0.2, 0.25) is 0 Å². The summed E-state index contributed by atoms with van der Waals surface area (Å²) in [5.74, 6) is -0.694. The summed E-state index contributed by atoms with van der Waals surface area (Å²) < 4.78 is 16.5. The molecule has 2 fully saturated rings. The van der Waals surface area contributed by atoms with Crippen LogP contribution in [-0.4, -0.2) is 74.4 Å². The molecule has 12 heteroatoms. The van der Waals surface area contributed by atoms with Gasteiger partial charge in [-0.25, -0.2) is 0 Å². The topological polar surface area (TPSA) is 127 Å². The van der Waals surface area contributed by atoms with Gasteiger partial charge in [-0.15, -0.1) is 0 Å². The molecule has 2 aliphatic rings. The highest BCUT2D eigenvalue weighted by Gasteiger charge is 2.36. The second-order valence-electron chi connectivity index (χ2n) is 10.0. The Morgan fingerprint density at radius 2 is 1.70 bits per heavy atom. The minimum absolute atomic E-state index is 0.171. The molecule has 5 rings (SSSR count). The lowest BCUT2D eigenvalue weighted by molar-refractivity contribution is -0.127. The summed E-state index contributed by atoms with van der Waals surface area (Å²) in [6.07, 6.45) is 1.55. The molecular weight excluding hydrogens is 584 g/mol. The number of rotatable bonds is 10. The molecule has 0 saturated carbocycles. The fraction of sp³-hybridized carbons (Fsp3) is 0.250. The van der Waals surface area contributed by atoms with Gasteiger partial charge in [0.15, 0.2) is 18.1 Å². The van der Waals surface area contributed by atoms with Crippen molar-refractivity contribution in [3.8, 4) is 11.5 Å². The molecule has 0 radical (unpaired) electrons. The number of amides is 4. The minimum Gasteiger partial charge on any atom is -0.493 e. The van der Waals surface area contributed by atoms with Crippen LogP contribution in [0.15, 0.2) is 71.6 Å². The molecule has 2 heterocycles. The molecule has 228 valence electrons. The summed E-state index contributed by atoms with van der Waals surface area (Å²) in [4.78, 5) is 54.3. The Balaban J connectivity index is 1.20. The second kappa shape index (κ2) is 14.1. The van der Waals surface area contributed by atoms with E-state index in [1.54, 1.807) is 30.3 Å². The third kappa shape index (κ3) is 7.57. The number of hydrogen-bond donors (Lipinski definition) is 2. The molecule has 0 unspecified atom stereocenters. The lowest BCUT2D eigenvalue weighted by Gasteiger charge is -2.30. The van der Waals surface area contributed by atoms with Gasteiger partial charge < -0.3 is 29.7 Å². The number of hydrogen-bond acceptors (Lipinski definition) is 9. The van der Waals surface area contributed by atoms with E-state index in [0.29, 0.717) is 54.7 Å². The van der Waals surface area contributed by atoms with Crippen LogP contribution in [0.4, 0.5) is 21.9 Å². The Kier molecular flexibility index (Phi) is 9.82. The monoisotopic (exact) mass is 616 g/mol. The highest BCUT2D eigenvalue weighted by atomic mass is 32.2. The number of morpholine rings is 1. The Morgan fingerprint density at radius 1 is 0.955 bits per heavy atom. The van der Waals surface area contributed by atoms with Crippen LogP contribution in [0.5, 0.6) is 11.5 Å². The predicted octanol–water partition coefficient (Wildman–Crippen LogP) is 4.53. The van der Waals surface area contributed by atoms with E-state index in [1.807, 2.05) is 49.4 Å². The average molecular weight is 617 g/mol. The van der Waals surface area contributed by atoms with Crippen molar-refractivity contribution < 1.29 is 33.4 Å². The highest BCUT2D eigenvalue weighted by molar-refractivity contribution is 8.18. The van der Waals surface area contributed by atoms with Gasteiger partial charge in [0.1, 0.15) is 6.54 Å². The maximum absolute atomic E-state index is 13.1. The fourth-order valence-electron chi connectivity index (χ4n) is 4.65. The maximum Gasteiger partial charge on any atom is 0.294 e. The van der Waals surface area contributed by atoms with Crippen LogP contribution >= 0.6 is 11.8 Å².